The molecule has 1 unspecified atom stereocenters. The molecule has 3 nitrogen and oxygen atoms in total. The molecule has 1 atom stereocenters. The average molecular weight is 454 g/mol. The van der Waals surface area contributed by atoms with E-state index in [-0.39, 0.29) is 11.7 Å². The number of nitrogens with zero attached hydrogens (tertiary/aromatic N) is 1. The van der Waals surface area contributed by atoms with Crippen LogP contribution in [0.1, 0.15) is 96.8 Å². The van der Waals surface area contributed by atoms with Crippen molar-refractivity contribution in [1.29, 1.82) is 0 Å². The third kappa shape index (κ3) is 12.1. The van der Waals surface area contributed by atoms with Gasteiger partial charge in [-0.1, -0.05) is 121 Å². The molecule has 1 heterocycles. The largest absolute Gasteiger partial charge is 0.493 e. The minimum atomic E-state index is -0.0567. The van der Waals surface area contributed by atoms with E-state index in [9.17, 15) is 4.79 Å². The summed E-state index contributed by atoms with van der Waals surface area (Å²) in [6, 6.07) is 0. The Bertz CT molecular complexity index is 671. The normalized spacial score (nSPS) is 18.5. The van der Waals surface area contributed by atoms with E-state index in [0.29, 0.717) is 11.7 Å². The van der Waals surface area contributed by atoms with Gasteiger partial charge in [0.05, 0.1) is 7.11 Å². The summed E-state index contributed by atoms with van der Waals surface area (Å²) >= 11 is 0. The van der Waals surface area contributed by atoms with Gasteiger partial charge in [0, 0.05) is 30.8 Å². The molecule has 0 saturated heterocycles. The Morgan fingerprint density at radius 3 is 1.82 bits per heavy atom. The van der Waals surface area contributed by atoms with Crippen LogP contribution in [0, 0.1) is 11.8 Å². The first-order valence-electron chi connectivity index (χ1n) is 13.5. The number of carbonyl (C=O) groups excluding carboxylic acids is 1. The lowest BCUT2D eigenvalue weighted by atomic mass is 9.98. The molecule has 0 fully saturated rings. The quantitative estimate of drug-likeness (QED) is 0.154. The predicted molar refractivity (Wildman–Crippen MR) is 141 cm³/mol. The van der Waals surface area contributed by atoms with Gasteiger partial charge in [-0.2, -0.15) is 0 Å². The third-order valence-corrected chi connectivity index (χ3v) is 6.60. The fourth-order valence-corrected chi connectivity index (χ4v) is 4.44. The van der Waals surface area contributed by atoms with Crippen molar-refractivity contribution in [1.82, 2.24) is 4.90 Å². The smallest absolute Gasteiger partial charge is 0.219 e. The lowest BCUT2D eigenvalue weighted by Crippen LogP contribution is -2.15. The summed E-state index contributed by atoms with van der Waals surface area (Å²) in [6.07, 6.45) is 38.2. The number of hydrogen-bond donors (Lipinski definition) is 0. The second-order valence-electron chi connectivity index (χ2n) is 9.52. The highest BCUT2D eigenvalue weighted by atomic mass is 16.5. The average Bonchev–Trinajstić information content (AvgIpc) is 2.84. The second kappa shape index (κ2) is 17.4. The van der Waals surface area contributed by atoms with Gasteiger partial charge < -0.3 is 9.64 Å². The number of rotatable bonds is 18. The van der Waals surface area contributed by atoms with E-state index in [0.717, 1.165) is 6.54 Å². The number of carbonyl (C=O) groups is 1. The minimum Gasteiger partial charge on any atom is -0.493 e. The molecule has 0 bridgehead atoms. The van der Waals surface area contributed by atoms with Crippen molar-refractivity contribution in [3.63, 3.8) is 0 Å². The Labute approximate surface area is 203 Å². The van der Waals surface area contributed by atoms with E-state index in [4.69, 9.17) is 4.74 Å². The molecule has 0 radical (unpaired) electrons. The van der Waals surface area contributed by atoms with Crippen LogP contribution in [0.15, 0.2) is 60.7 Å². The van der Waals surface area contributed by atoms with Crippen LogP contribution in [-0.2, 0) is 9.53 Å². The van der Waals surface area contributed by atoms with Gasteiger partial charge in [0.15, 0.2) is 5.76 Å². The molecule has 0 aromatic rings. The van der Waals surface area contributed by atoms with Crippen LogP contribution in [-0.4, -0.2) is 24.3 Å². The standard InChI is InChI=1S/C30H47NO2/c1-3-4-5-6-7-8-9-10-11-12-13-14-15-16-23-31-24-21-27(22-25-31)17-18-28-19-20-29(32)30(26-28)33-2/h17-22,24-28H,3-16,23H2,1-2H3/b18-17+. The number of hydrogen-bond acceptors (Lipinski definition) is 3. The summed E-state index contributed by atoms with van der Waals surface area (Å²) < 4.78 is 5.13. The number of ether oxygens (including phenoxy) is 1. The first kappa shape index (κ1) is 27.2. The van der Waals surface area contributed by atoms with Crippen molar-refractivity contribution in [2.45, 2.75) is 96.8 Å². The van der Waals surface area contributed by atoms with Crippen LogP contribution in [0.25, 0.3) is 0 Å². The molecule has 0 aromatic heterocycles. The summed E-state index contributed by atoms with van der Waals surface area (Å²) in [6.45, 7) is 3.39. The zero-order valence-electron chi connectivity index (χ0n) is 21.2. The van der Waals surface area contributed by atoms with Crippen LogP contribution in [0.4, 0.5) is 0 Å². The molecular weight excluding hydrogens is 406 g/mol. The third-order valence-electron chi connectivity index (χ3n) is 6.60. The fourth-order valence-electron chi connectivity index (χ4n) is 4.44. The highest BCUT2D eigenvalue weighted by Crippen LogP contribution is 2.19. The molecule has 0 spiro atoms. The van der Waals surface area contributed by atoms with Crippen LogP contribution < -0.4 is 0 Å². The molecule has 184 valence electrons. The Hall–Kier alpha value is -2.03. The van der Waals surface area contributed by atoms with Crippen LogP contribution in [0.2, 0.25) is 0 Å². The number of ketones is 1. The van der Waals surface area contributed by atoms with Gasteiger partial charge in [-0.3, -0.25) is 4.79 Å². The minimum absolute atomic E-state index is 0.0567. The zero-order chi connectivity index (χ0) is 23.6. The number of unbranched alkanes of at least 4 members (excludes halogenated alkanes) is 13. The molecular formula is C30H47NO2. The van der Waals surface area contributed by atoms with Gasteiger partial charge in [0.25, 0.3) is 0 Å². The summed E-state index contributed by atoms with van der Waals surface area (Å²) in [4.78, 5) is 13.9. The molecule has 2 aliphatic rings. The lowest BCUT2D eigenvalue weighted by Gasteiger charge is -2.20. The summed E-state index contributed by atoms with van der Waals surface area (Å²) in [5.74, 6) is 0.802. The molecule has 1 aliphatic heterocycles. The molecule has 1 aliphatic carbocycles. The van der Waals surface area contributed by atoms with Crippen molar-refractivity contribution in [3.8, 4) is 0 Å². The van der Waals surface area contributed by atoms with E-state index in [1.807, 2.05) is 12.2 Å². The number of methoxy groups -OCH3 is 1. The van der Waals surface area contributed by atoms with Crippen molar-refractivity contribution in [3.05, 3.63) is 60.7 Å². The Morgan fingerprint density at radius 1 is 0.758 bits per heavy atom. The molecule has 0 saturated carbocycles. The van der Waals surface area contributed by atoms with Crippen molar-refractivity contribution >= 4 is 5.78 Å². The van der Waals surface area contributed by atoms with Crippen molar-refractivity contribution in [2.24, 2.45) is 11.8 Å². The molecule has 33 heavy (non-hydrogen) atoms. The first-order valence-corrected chi connectivity index (χ1v) is 13.5. The Morgan fingerprint density at radius 2 is 1.27 bits per heavy atom. The zero-order valence-corrected chi connectivity index (χ0v) is 21.2. The van der Waals surface area contributed by atoms with E-state index in [1.54, 1.807) is 13.2 Å². The van der Waals surface area contributed by atoms with E-state index in [1.165, 1.54) is 89.9 Å². The fraction of sp³-hybridized carbons (Fsp3) is 0.633. The van der Waals surface area contributed by atoms with Gasteiger partial charge in [0.2, 0.25) is 5.78 Å². The number of allylic oxidation sites excluding steroid dienone is 7. The maximum absolute atomic E-state index is 11.6. The SMILES string of the molecule is CCCCCCCCCCCCCCCCN1C=CC(/C=C/C2C=CC(=O)C(OC)=C2)C=C1. The van der Waals surface area contributed by atoms with Gasteiger partial charge >= 0.3 is 0 Å². The monoisotopic (exact) mass is 453 g/mol. The molecule has 0 N–H and O–H groups in total. The molecule has 2 rings (SSSR count). The molecule has 0 amide bonds. The first-order chi connectivity index (χ1) is 16.2. The van der Waals surface area contributed by atoms with Crippen LogP contribution >= 0.6 is 0 Å². The van der Waals surface area contributed by atoms with Crippen molar-refractivity contribution in [2.75, 3.05) is 13.7 Å². The maximum atomic E-state index is 11.6. The van der Waals surface area contributed by atoms with Crippen molar-refractivity contribution < 1.29 is 9.53 Å². The lowest BCUT2D eigenvalue weighted by molar-refractivity contribution is -0.114. The second-order valence-corrected chi connectivity index (χ2v) is 9.52. The van der Waals surface area contributed by atoms with E-state index in [2.05, 4.69) is 48.5 Å². The summed E-state index contributed by atoms with van der Waals surface area (Å²) in [5, 5.41) is 0. The maximum Gasteiger partial charge on any atom is 0.219 e. The van der Waals surface area contributed by atoms with Gasteiger partial charge in [-0.25, -0.2) is 0 Å². The summed E-state index contributed by atoms with van der Waals surface area (Å²) in [5.41, 5.74) is 0. The molecule has 0 aromatic carbocycles. The van der Waals surface area contributed by atoms with Crippen LogP contribution in [0.3, 0.4) is 0 Å². The highest BCUT2D eigenvalue weighted by Gasteiger charge is 2.14. The van der Waals surface area contributed by atoms with Gasteiger partial charge in [-0.05, 0) is 18.6 Å². The van der Waals surface area contributed by atoms with Gasteiger partial charge in [-0.15, -0.1) is 0 Å². The van der Waals surface area contributed by atoms with Gasteiger partial charge in [0.1, 0.15) is 0 Å². The van der Waals surface area contributed by atoms with Crippen LogP contribution in [0.5, 0.6) is 0 Å². The summed E-state index contributed by atoms with van der Waals surface area (Å²) in [7, 11) is 1.54. The topological polar surface area (TPSA) is 29.5 Å². The van der Waals surface area contributed by atoms with E-state index >= 15 is 0 Å². The predicted octanol–water partition coefficient (Wildman–Crippen LogP) is 8.27. The highest BCUT2D eigenvalue weighted by molar-refractivity contribution is 6.03. The molecule has 3 heteroatoms. The van der Waals surface area contributed by atoms with E-state index < -0.39 is 0 Å². The Kier molecular flexibility index (Phi) is 14.4. The Balaban J connectivity index is 1.44.